The van der Waals surface area contributed by atoms with Crippen LogP contribution in [0.2, 0.25) is 10.0 Å². The minimum atomic E-state index is -0.223. The quantitative estimate of drug-likeness (QED) is 0.823. The molecule has 1 aliphatic heterocycles. The van der Waals surface area contributed by atoms with Crippen molar-refractivity contribution in [1.82, 2.24) is 4.90 Å². The van der Waals surface area contributed by atoms with Crippen LogP contribution in [0, 0.1) is 0 Å². The molecule has 1 aliphatic rings. The highest BCUT2D eigenvalue weighted by atomic mass is 35.5. The van der Waals surface area contributed by atoms with Crippen LogP contribution in [-0.4, -0.2) is 40.9 Å². The maximum absolute atomic E-state index is 12.4. The van der Waals surface area contributed by atoms with Gasteiger partial charge in [0, 0.05) is 29.1 Å². The maximum Gasteiger partial charge on any atom is 0.241 e. The third-order valence-electron chi connectivity index (χ3n) is 3.53. The lowest BCUT2D eigenvalue weighted by Crippen LogP contribution is -2.47. The molecule has 1 saturated heterocycles. The SMILES string of the molecule is CC1CN(C(C)C(=O)Nc2c(N)cc(Cl)cc2Cl)CCS1. The molecule has 1 aromatic rings. The Kier molecular flexibility index (Phi) is 5.66. The van der Waals surface area contributed by atoms with Crippen molar-refractivity contribution >= 4 is 52.2 Å². The number of hydrogen-bond acceptors (Lipinski definition) is 4. The third kappa shape index (κ3) is 4.19. The van der Waals surface area contributed by atoms with Gasteiger partial charge in [-0.15, -0.1) is 0 Å². The molecular formula is C14H19Cl2N3OS. The maximum atomic E-state index is 12.4. The number of carbonyl (C=O) groups is 1. The van der Waals surface area contributed by atoms with Gasteiger partial charge < -0.3 is 11.1 Å². The molecule has 2 atom stereocenters. The molecule has 21 heavy (non-hydrogen) atoms. The smallest absolute Gasteiger partial charge is 0.241 e. The molecule has 2 unspecified atom stereocenters. The first-order valence-corrected chi connectivity index (χ1v) is 8.60. The van der Waals surface area contributed by atoms with E-state index in [1.807, 2.05) is 18.7 Å². The Morgan fingerprint density at radius 3 is 2.86 bits per heavy atom. The number of carbonyl (C=O) groups excluding carboxylic acids is 1. The van der Waals surface area contributed by atoms with Gasteiger partial charge >= 0.3 is 0 Å². The average Bonchev–Trinajstić information content (AvgIpc) is 2.41. The van der Waals surface area contributed by atoms with E-state index in [1.165, 1.54) is 0 Å². The summed E-state index contributed by atoms with van der Waals surface area (Å²) in [6.07, 6.45) is 0. The number of anilines is 2. The molecule has 3 N–H and O–H groups in total. The number of nitrogens with two attached hydrogens (primary N) is 1. The lowest BCUT2D eigenvalue weighted by molar-refractivity contribution is -0.120. The number of amides is 1. The molecule has 1 fully saturated rings. The molecule has 0 aromatic heterocycles. The highest BCUT2D eigenvalue weighted by molar-refractivity contribution is 7.99. The van der Waals surface area contributed by atoms with Gasteiger partial charge in [0.2, 0.25) is 5.91 Å². The highest BCUT2D eigenvalue weighted by Gasteiger charge is 2.26. The lowest BCUT2D eigenvalue weighted by atomic mass is 10.2. The van der Waals surface area contributed by atoms with Crippen molar-refractivity contribution in [1.29, 1.82) is 0 Å². The first-order valence-electron chi connectivity index (χ1n) is 6.79. The molecular weight excluding hydrogens is 329 g/mol. The molecule has 1 heterocycles. The third-order valence-corrected chi connectivity index (χ3v) is 5.19. The van der Waals surface area contributed by atoms with E-state index in [4.69, 9.17) is 28.9 Å². The summed E-state index contributed by atoms with van der Waals surface area (Å²) < 4.78 is 0. The molecule has 0 radical (unpaired) electrons. The molecule has 0 spiro atoms. The number of halogens is 2. The summed E-state index contributed by atoms with van der Waals surface area (Å²) in [6, 6.07) is 2.92. The summed E-state index contributed by atoms with van der Waals surface area (Å²) in [7, 11) is 0. The average molecular weight is 348 g/mol. The summed E-state index contributed by atoms with van der Waals surface area (Å²) in [5, 5.41) is 4.15. The monoisotopic (exact) mass is 347 g/mol. The zero-order valence-corrected chi connectivity index (χ0v) is 14.4. The van der Waals surface area contributed by atoms with Crippen LogP contribution in [0.15, 0.2) is 12.1 Å². The van der Waals surface area contributed by atoms with Crippen molar-refractivity contribution in [2.24, 2.45) is 0 Å². The van der Waals surface area contributed by atoms with E-state index in [0.29, 0.717) is 26.7 Å². The van der Waals surface area contributed by atoms with Crippen LogP contribution in [0.25, 0.3) is 0 Å². The van der Waals surface area contributed by atoms with Crippen molar-refractivity contribution in [2.75, 3.05) is 29.9 Å². The van der Waals surface area contributed by atoms with Crippen LogP contribution in [0.5, 0.6) is 0 Å². The van der Waals surface area contributed by atoms with Crippen LogP contribution in [0.3, 0.4) is 0 Å². The van der Waals surface area contributed by atoms with E-state index in [2.05, 4.69) is 17.1 Å². The van der Waals surface area contributed by atoms with Crippen LogP contribution in [0.4, 0.5) is 11.4 Å². The fourth-order valence-electron chi connectivity index (χ4n) is 2.32. The van der Waals surface area contributed by atoms with E-state index in [0.717, 1.165) is 18.8 Å². The van der Waals surface area contributed by atoms with E-state index in [-0.39, 0.29) is 11.9 Å². The van der Waals surface area contributed by atoms with Gasteiger partial charge in [-0.2, -0.15) is 11.8 Å². The Labute approximate surface area is 139 Å². The van der Waals surface area contributed by atoms with Crippen LogP contribution in [0.1, 0.15) is 13.8 Å². The van der Waals surface area contributed by atoms with Gasteiger partial charge in [-0.25, -0.2) is 0 Å². The van der Waals surface area contributed by atoms with E-state index >= 15 is 0 Å². The van der Waals surface area contributed by atoms with Crippen LogP contribution < -0.4 is 11.1 Å². The second-order valence-electron chi connectivity index (χ2n) is 5.19. The molecule has 1 amide bonds. The zero-order chi connectivity index (χ0) is 15.6. The predicted molar refractivity (Wildman–Crippen MR) is 92.5 cm³/mol. The van der Waals surface area contributed by atoms with Gasteiger partial charge in [-0.1, -0.05) is 30.1 Å². The van der Waals surface area contributed by atoms with Gasteiger partial charge in [-0.05, 0) is 19.1 Å². The van der Waals surface area contributed by atoms with Gasteiger partial charge in [0.25, 0.3) is 0 Å². The Bertz CT molecular complexity index is 518. The number of rotatable bonds is 3. The number of benzene rings is 1. The first kappa shape index (κ1) is 16.7. The molecule has 0 aliphatic carbocycles. The van der Waals surface area contributed by atoms with Crippen molar-refractivity contribution in [3.8, 4) is 0 Å². The number of nitrogen functional groups attached to an aromatic ring is 1. The largest absolute Gasteiger partial charge is 0.397 e. The number of thioether (sulfide) groups is 1. The molecule has 2 rings (SSSR count). The summed E-state index contributed by atoms with van der Waals surface area (Å²) in [6.45, 7) is 5.89. The zero-order valence-electron chi connectivity index (χ0n) is 12.0. The molecule has 1 aromatic carbocycles. The Balaban J connectivity index is 2.07. The van der Waals surface area contributed by atoms with Crippen molar-refractivity contribution in [2.45, 2.75) is 25.1 Å². The second kappa shape index (κ2) is 7.09. The van der Waals surface area contributed by atoms with Gasteiger partial charge in [0.15, 0.2) is 0 Å². The summed E-state index contributed by atoms with van der Waals surface area (Å²) in [4.78, 5) is 14.6. The summed E-state index contributed by atoms with van der Waals surface area (Å²) in [5.74, 6) is 0.938. The Morgan fingerprint density at radius 1 is 1.52 bits per heavy atom. The fourth-order valence-corrected chi connectivity index (χ4v) is 3.91. The van der Waals surface area contributed by atoms with Crippen LogP contribution >= 0.6 is 35.0 Å². The molecule has 0 saturated carbocycles. The van der Waals surface area contributed by atoms with E-state index < -0.39 is 0 Å². The molecule has 116 valence electrons. The molecule has 7 heteroatoms. The van der Waals surface area contributed by atoms with E-state index in [1.54, 1.807) is 12.1 Å². The van der Waals surface area contributed by atoms with Gasteiger partial charge in [0.1, 0.15) is 0 Å². The number of nitrogens with zero attached hydrogens (tertiary/aromatic N) is 1. The standard InChI is InChI=1S/C14H19Cl2N3OS/c1-8-7-19(3-4-21-8)9(2)14(20)18-13-11(16)5-10(15)6-12(13)17/h5-6,8-9H,3-4,7,17H2,1-2H3,(H,18,20). The Hall–Kier alpha value is -0.620. The first-order chi connectivity index (χ1) is 9.88. The van der Waals surface area contributed by atoms with Gasteiger partial charge in [0.05, 0.1) is 22.4 Å². The second-order valence-corrected chi connectivity index (χ2v) is 7.58. The van der Waals surface area contributed by atoms with Crippen molar-refractivity contribution in [3.05, 3.63) is 22.2 Å². The van der Waals surface area contributed by atoms with Crippen LogP contribution in [-0.2, 0) is 4.79 Å². The lowest BCUT2D eigenvalue weighted by Gasteiger charge is -2.34. The summed E-state index contributed by atoms with van der Waals surface area (Å²) >= 11 is 13.9. The van der Waals surface area contributed by atoms with Crippen molar-refractivity contribution in [3.63, 3.8) is 0 Å². The van der Waals surface area contributed by atoms with E-state index in [9.17, 15) is 4.79 Å². The summed E-state index contributed by atoms with van der Waals surface area (Å²) in [5.41, 5.74) is 6.67. The normalized spacial score (nSPS) is 21.0. The Morgan fingerprint density at radius 2 is 2.24 bits per heavy atom. The van der Waals surface area contributed by atoms with Gasteiger partial charge in [-0.3, -0.25) is 9.69 Å². The number of nitrogens with one attached hydrogen (secondary N) is 1. The molecule has 0 bridgehead atoms. The highest BCUT2D eigenvalue weighted by Crippen LogP contribution is 2.32. The van der Waals surface area contributed by atoms with Crippen molar-refractivity contribution < 1.29 is 4.79 Å². The minimum Gasteiger partial charge on any atom is -0.397 e. The predicted octanol–water partition coefficient (Wildman–Crippen LogP) is 3.34. The topological polar surface area (TPSA) is 58.4 Å². The fraction of sp³-hybridized carbons (Fsp3) is 0.500. The molecule has 4 nitrogen and oxygen atoms in total. The minimum absolute atomic E-state index is 0.106. The number of hydrogen-bond donors (Lipinski definition) is 2.